The Morgan fingerprint density at radius 3 is 1.69 bits per heavy atom. The van der Waals surface area contributed by atoms with Crippen LogP contribution < -0.4 is 9.62 Å². The molecule has 0 aliphatic carbocycles. The topological polar surface area (TPSA) is 38.7 Å². The van der Waals surface area contributed by atoms with E-state index in [1.807, 2.05) is 24.5 Å². The molecule has 5 heterocycles. The van der Waals surface area contributed by atoms with Crippen LogP contribution >= 0.6 is 0 Å². The van der Waals surface area contributed by atoms with E-state index >= 15 is 0 Å². The molecule has 0 saturated carbocycles. The summed E-state index contributed by atoms with van der Waals surface area (Å²) in [5, 5.41) is 0. The number of nitrogens with zero attached hydrogens (tertiary/aromatic N) is 6. The van der Waals surface area contributed by atoms with Gasteiger partial charge in [-0.05, 0) is 24.3 Å². The molecule has 2 aromatic heterocycles. The molecule has 0 amide bonds. The van der Waals surface area contributed by atoms with Gasteiger partial charge in [-0.15, -0.1) is 0 Å². The molecule has 9 heteroatoms. The molecule has 130 valence electrons. The molecule has 8 bridgehead atoms. The summed E-state index contributed by atoms with van der Waals surface area (Å²) in [7, 11) is 4.17. The van der Waals surface area contributed by atoms with Crippen LogP contribution in [0.15, 0.2) is 61.2 Å². The SMILES string of the molecule is [B]1N2C=CN1c1cccc(n1)Cc1cccc(n1)N1[B]N(C=C1)CC2.[Pt]. The monoisotopic (exact) mass is 521 g/mol. The van der Waals surface area contributed by atoms with Gasteiger partial charge >= 0.3 is 15.1 Å². The van der Waals surface area contributed by atoms with Crippen LogP contribution in [0.25, 0.3) is 0 Å². The van der Waals surface area contributed by atoms with Crippen LogP contribution in [-0.4, -0.2) is 47.8 Å². The normalized spacial score (nSPS) is 17.2. The smallest absolute Gasteiger partial charge is 0.396 e. The predicted molar refractivity (Wildman–Crippen MR) is 99.4 cm³/mol. The van der Waals surface area contributed by atoms with Crippen LogP contribution in [0.5, 0.6) is 0 Å². The second kappa shape index (κ2) is 7.20. The van der Waals surface area contributed by atoms with Gasteiger partial charge in [0.25, 0.3) is 0 Å². The van der Waals surface area contributed by atoms with Crippen molar-refractivity contribution in [1.82, 2.24) is 19.6 Å². The van der Waals surface area contributed by atoms with Gasteiger partial charge in [0.05, 0.1) is 0 Å². The zero-order valence-electron chi connectivity index (χ0n) is 14.0. The van der Waals surface area contributed by atoms with Crippen molar-refractivity contribution in [2.75, 3.05) is 22.7 Å². The van der Waals surface area contributed by atoms with Crippen LogP contribution in [0.3, 0.4) is 0 Å². The van der Waals surface area contributed by atoms with Gasteiger partial charge in [-0.25, -0.2) is 9.97 Å². The average Bonchev–Trinajstić information content (AvgIpc) is 3.29. The number of pyridine rings is 2. The second-order valence-corrected chi connectivity index (χ2v) is 6.27. The zero-order valence-corrected chi connectivity index (χ0v) is 16.3. The minimum absolute atomic E-state index is 0. The maximum atomic E-state index is 4.79. The number of anilines is 2. The van der Waals surface area contributed by atoms with Crippen molar-refractivity contribution in [1.29, 1.82) is 0 Å². The number of hydrogen-bond donors (Lipinski definition) is 0. The van der Waals surface area contributed by atoms with Crippen molar-refractivity contribution in [2.24, 2.45) is 0 Å². The summed E-state index contributed by atoms with van der Waals surface area (Å²) in [6, 6.07) is 12.3. The molecule has 0 saturated heterocycles. The van der Waals surface area contributed by atoms with Gasteiger partial charge in [0.15, 0.2) is 0 Å². The van der Waals surface area contributed by atoms with E-state index in [2.05, 4.69) is 71.0 Å². The van der Waals surface area contributed by atoms with Crippen molar-refractivity contribution in [3.8, 4) is 0 Å². The molecular weight excluding hydrogens is 505 g/mol. The summed E-state index contributed by atoms with van der Waals surface area (Å²) in [6.45, 7) is 1.80. The second-order valence-electron chi connectivity index (χ2n) is 6.27. The summed E-state index contributed by atoms with van der Waals surface area (Å²) in [5.41, 5.74) is 2.03. The van der Waals surface area contributed by atoms with Gasteiger partial charge in [0, 0.05) is 76.8 Å². The number of rotatable bonds is 0. The van der Waals surface area contributed by atoms with Gasteiger partial charge in [0.1, 0.15) is 11.6 Å². The van der Waals surface area contributed by atoms with Crippen molar-refractivity contribution in [2.45, 2.75) is 6.42 Å². The third-order valence-corrected chi connectivity index (χ3v) is 4.47. The maximum absolute atomic E-state index is 4.79. The Labute approximate surface area is 169 Å². The number of hydrogen-bond acceptors (Lipinski definition) is 6. The Balaban J connectivity index is 0.00000168. The largest absolute Gasteiger partial charge is 0.402 e. The van der Waals surface area contributed by atoms with Crippen LogP contribution in [0, 0.1) is 0 Å². The Hall–Kier alpha value is -2.20. The molecule has 2 radical (unpaired) electrons. The average molecular weight is 521 g/mol. The first kappa shape index (κ1) is 17.2. The van der Waals surface area contributed by atoms with Crippen molar-refractivity contribution < 1.29 is 21.1 Å². The molecule has 0 atom stereocenters. The zero-order chi connectivity index (χ0) is 16.6. The molecule has 0 spiro atoms. The van der Waals surface area contributed by atoms with Gasteiger partial charge in [-0.2, -0.15) is 0 Å². The van der Waals surface area contributed by atoms with E-state index in [1.54, 1.807) is 0 Å². The minimum atomic E-state index is 0. The minimum Gasteiger partial charge on any atom is -0.402 e. The van der Waals surface area contributed by atoms with Crippen molar-refractivity contribution >= 4 is 26.7 Å². The first-order chi connectivity index (χ1) is 12.3. The fourth-order valence-electron chi connectivity index (χ4n) is 3.16. The summed E-state index contributed by atoms with van der Waals surface area (Å²) in [5.74, 6) is 1.86. The third kappa shape index (κ3) is 3.38. The molecule has 5 rings (SSSR count). The summed E-state index contributed by atoms with van der Waals surface area (Å²) < 4.78 is 0. The third-order valence-electron chi connectivity index (χ3n) is 4.47. The predicted octanol–water partition coefficient (Wildman–Crippen LogP) is 1.33. The molecule has 3 aliphatic heterocycles. The molecule has 3 aliphatic rings. The van der Waals surface area contributed by atoms with Gasteiger partial charge in [-0.3, -0.25) is 0 Å². The quantitative estimate of drug-likeness (QED) is 0.488. The van der Waals surface area contributed by atoms with E-state index in [1.165, 1.54) is 0 Å². The Bertz CT molecular complexity index is 791. The molecule has 6 nitrogen and oxygen atoms in total. The van der Waals surface area contributed by atoms with Crippen LogP contribution in [0.1, 0.15) is 11.4 Å². The Morgan fingerprint density at radius 1 is 0.692 bits per heavy atom. The summed E-state index contributed by atoms with van der Waals surface area (Å²) in [6.07, 6.45) is 8.98. The van der Waals surface area contributed by atoms with Gasteiger partial charge in [-0.1, -0.05) is 12.1 Å². The van der Waals surface area contributed by atoms with Gasteiger partial charge in [0.2, 0.25) is 0 Å². The first-order valence-electron chi connectivity index (χ1n) is 8.40. The molecular formula is C17H16B2N6Pt. The molecule has 26 heavy (non-hydrogen) atoms. The molecule has 0 N–H and O–H groups in total. The van der Waals surface area contributed by atoms with E-state index < -0.39 is 0 Å². The van der Waals surface area contributed by atoms with Crippen molar-refractivity contribution in [3.05, 3.63) is 72.6 Å². The summed E-state index contributed by atoms with van der Waals surface area (Å²) >= 11 is 0. The summed E-state index contributed by atoms with van der Waals surface area (Å²) in [4.78, 5) is 18.1. The number of fused-ring (bicyclic) bond motifs is 10. The Kier molecular flexibility index (Phi) is 4.77. The van der Waals surface area contributed by atoms with E-state index in [4.69, 9.17) is 9.97 Å². The van der Waals surface area contributed by atoms with Crippen molar-refractivity contribution in [3.63, 3.8) is 0 Å². The number of aromatic nitrogens is 2. The molecule has 0 unspecified atom stereocenters. The van der Waals surface area contributed by atoms with E-state index in [9.17, 15) is 0 Å². The molecule has 2 aromatic rings. The van der Waals surface area contributed by atoms with Gasteiger partial charge < -0.3 is 19.2 Å². The van der Waals surface area contributed by atoms with E-state index in [0.29, 0.717) is 6.42 Å². The fourth-order valence-corrected chi connectivity index (χ4v) is 3.16. The van der Waals surface area contributed by atoms with Crippen LogP contribution in [0.2, 0.25) is 0 Å². The standard InChI is InChI=1S/C17H16B2N6.Pt/c1-3-14-13-15-4-2-6-17(21-15)25-12-10-23(19-25)8-7-22-9-11-24(18-22)16(5-1)20-14;/h1-6,9-12H,7-8,13H2;. The van der Waals surface area contributed by atoms with E-state index in [-0.39, 0.29) is 21.1 Å². The maximum Gasteiger partial charge on any atom is 0.396 e. The van der Waals surface area contributed by atoms with E-state index in [0.717, 1.165) is 36.1 Å². The fraction of sp³-hybridized carbons (Fsp3) is 0.176. The Morgan fingerprint density at radius 2 is 1.19 bits per heavy atom. The van der Waals surface area contributed by atoms with Crippen LogP contribution in [-0.2, 0) is 27.5 Å². The molecule has 0 fully saturated rings. The van der Waals surface area contributed by atoms with Crippen LogP contribution in [0.4, 0.5) is 11.6 Å². The molecule has 0 aromatic carbocycles. The first-order valence-corrected chi connectivity index (χ1v) is 8.40.